The van der Waals surface area contributed by atoms with Crippen LogP contribution < -0.4 is 5.32 Å². The van der Waals surface area contributed by atoms with E-state index in [1.807, 2.05) is 26.8 Å². The predicted octanol–water partition coefficient (Wildman–Crippen LogP) is 2.69. The summed E-state index contributed by atoms with van der Waals surface area (Å²) in [4.78, 5) is 13.7. The predicted molar refractivity (Wildman–Crippen MR) is 109 cm³/mol. The third-order valence-corrected chi connectivity index (χ3v) is 3.57. The zero-order valence-corrected chi connectivity index (χ0v) is 17.7. The minimum absolute atomic E-state index is 0.411. The Kier molecular flexibility index (Phi) is 12.5. The van der Waals surface area contributed by atoms with Crippen molar-refractivity contribution in [3.63, 3.8) is 0 Å². The Bertz CT molecular complexity index is 519. The molecule has 0 spiro atoms. The summed E-state index contributed by atoms with van der Waals surface area (Å²) in [5.74, 6) is 0. The molecule has 1 aromatic rings. The highest BCUT2D eigenvalue weighted by Crippen LogP contribution is 2.06. The highest BCUT2D eigenvalue weighted by molar-refractivity contribution is 5.67. The third kappa shape index (κ3) is 14.4. The van der Waals surface area contributed by atoms with Gasteiger partial charge in [0.1, 0.15) is 5.60 Å². The Morgan fingerprint density at radius 1 is 0.929 bits per heavy atom. The molecule has 0 aliphatic rings. The molecule has 0 unspecified atom stereocenters. The van der Waals surface area contributed by atoms with Crippen molar-refractivity contribution in [3.05, 3.63) is 35.9 Å². The number of carbonyl (C=O) groups excluding carboxylic acids is 1. The van der Waals surface area contributed by atoms with Crippen LogP contribution >= 0.6 is 0 Å². The van der Waals surface area contributed by atoms with Gasteiger partial charge in [0.15, 0.2) is 0 Å². The molecule has 0 aliphatic carbocycles. The first-order valence-electron chi connectivity index (χ1n) is 9.79. The van der Waals surface area contributed by atoms with E-state index in [9.17, 15) is 4.79 Å². The molecule has 0 saturated carbocycles. The second kappa shape index (κ2) is 14.3. The largest absolute Gasteiger partial charge is 0.444 e. The van der Waals surface area contributed by atoms with Gasteiger partial charge in [-0.15, -0.1) is 0 Å². The average Bonchev–Trinajstić information content (AvgIpc) is 2.62. The minimum atomic E-state index is -0.488. The van der Waals surface area contributed by atoms with Gasteiger partial charge in [0.2, 0.25) is 0 Å². The maximum atomic E-state index is 11.4. The summed E-state index contributed by atoms with van der Waals surface area (Å²) in [5, 5.41) is 2.64. The van der Waals surface area contributed by atoms with Gasteiger partial charge >= 0.3 is 6.09 Å². The Morgan fingerprint density at radius 3 is 2.11 bits per heavy atom. The zero-order valence-electron chi connectivity index (χ0n) is 17.7. The van der Waals surface area contributed by atoms with E-state index in [-0.39, 0.29) is 0 Å². The van der Waals surface area contributed by atoms with E-state index in [2.05, 4.69) is 41.5 Å². The fourth-order valence-electron chi connectivity index (χ4n) is 2.28. The molecule has 1 N–H and O–H groups in total. The van der Waals surface area contributed by atoms with E-state index in [4.69, 9.17) is 18.9 Å². The summed E-state index contributed by atoms with van der Waals surface area (Å²) >= 11 is 0. The molecule has 0 fully saturated rings. The number of carbonyl (C=O) groups is 1. The van der Waals surface area contributed by atoms with Crippen molar-refractivity contribution < 1.29 is 23.7 Å². The number of alkyl carbamates (subject to hydrolysis) is 1. The van der Waals surface area contributed by atoms with E-state index in [1.54, 1.807) is 0 Å². The van der Waals surface area contributed by atoms with Crippen LogP contribution in [0.1, 0.15) is 26.3 Å². The summed E-state index contributed by atoms with van der Waals surface area (Å²) in [6, 6.07) is 10.4. The standard InChI is InChI=1S/C21H36N2O5/c1-21(2,3)28-20(24)22-10-12-25-14-16-27-17-15-26-13-11-23(4)18-19-8-6-5-7-9-19/h5-9H,10-18H2,1-4H3,(H,22,24). The highest BCUT2D eigenvalue weighted by atomic mass is 16.6. The van der Waals surface area contributed by atoms with Crippen LogP contribution in [0.2, 0.25) is 0 Å². The van der Waals surface area contributed by atoms with Crippen molar-refractivity contribution in [2.24, 2.45) is 0 Å². The lowest BCUT2D eigenvalue weighted by atomic mass is 10.2. The van der Waals surface area contributed by atoms with Crippen LogP contribution in [0.15, 0.2) is 30.3 Å². The maximum Gasteiger partial charge on any atom is 0.407 e. The second-order valence-corrected chi connectivity index (χ2v) is 7.49. The van der Waals surface area contributed by atoms with Crippen LogP contribution in [-0.4, -0.2) is 76.4 Å². The maximum absolute atomic E-state index is 11.4. The first-order chi connectivity index (χ1) is 13.4. The summed E-state index contributed by atoms with van der Waals surface area (Å²) < 4.78 is 21.6. The van der Waals surface area contributed by atoms with Gasteiger partial charge in [-0.05, 0) is 33.4 Å². The lowest BCUT2D eigenvalue weighted by Crippen LogP contribution is -2.34. The summed E-state index contributed by atoms with van der Waals surface area (Å²) in [6.45, 7) is 10.9. The van der Waals surface area contributed by atoms with Crippen LogP contribution in [0.3, 0.4) is 0 Å². The normalized spacial score (nSPS) is 11.6. The molecule has 0 heterocycles. The van der Waals surface area contributed by atoms with Gasteiger partial charge in [0, 0.05) is 19.6 Å². The van der Waals surface area contributed by atoms with E-state index >= 15 is 0 Å². The zero-order chi connectivity index (χ0) is 20.7. The van der Waals surface area contributed by atoms with Crippen LogP contribution in [-0.2, 0) is 25.5 Å². The van der Waals surface area contributed by atoms with Crippen LogP contribution in [0.25, 0.3) is 0 Å². The van der Waals surface area contributed by atoms with Crippen LogP contribution in [0, 0.1) is 0 Å². The highest BCUT2D eigenvalue weighted by Gasteiger charge is 2.15. The Labute approximate surface area is 169 Å². The number of hydrogen-bond acceptors (Lipinski definition) is 6. The number of hydrogen-bond donors (Lipinski definition) is 1. The van der Waals surface area contributed by atoms with Crippen LogP contribution in [0.5, 0.6) is 0 Å². The first-order valence-corrected chi connectivity index (χ1v) is 9.79. The number of rotatable bonds is 14. The van der Waals surface area contributed by atoms with Crippen LogP contribution in [0.4, 0.5) is 4.79 Å². The van der Waals surface area contributed by atoms with E-state index in [1.165, 1.54) is 5.56 Å². The monoisotopic (exact) mass is 396 g/mol. The Morgan fingerprint density at radius 2 is 1.50 bits per heavy atom. The van der Waals surface area contributed by atoms with Gasteiger partial charge < -0.3 is 24.3 Å². The topological polar surface area (TPSA) is 69.3 Å². The van der Waals surface area contributed by atoms with E-state index < -0.39 is 11.7 Å². The van der Waals surface area contributed by atoms with Crippen molar-refractivity contribution >= 4 is 6.09 Å². The summed E-state index contributed by atoms with van der Waals surface area (Å²) in [5.41, 5.74) is 0.813. The fraction of sp³-hybridized carbons (Fsp3) is 0.667. The van der Waals surface area contributed by atoms with Crippen molar-refractivity contribution in [1.82, 2.24) is 10.2 Å². The second-order valence-electron chi connectivity index (χ2n) is 7.49. The smallest absolute Gasteiger partial charge is 0.407 e. The quantitative estimate of drug-likeness (QED) is 0.488. The SMILES string of the molecule is CN(CCOCCOCCOCCNC(=O)OC(C)(C)C)Cc1ccccc1. The van der Waals surface area contributed by atoms with Gasteiger partial charge in [0.05, 0.1) is 39.6 Å². The number of ether oxygens (including phenoxy) is 4. The lowest BCUT2D eigenvalue weighted by Gasteiger charge is -2.19. The van der Waals surface area contributed by atoms with E-state index in [0.29, 0.717) is 46.2 Å². The molecule has 7 heteroatoms. The van der Waals surface area contributed by atoms with Gasteiger partial charge in [-0.2, -0.15) is 0 Å². The number of nitrogens with one attached hydrogen (secondary N) is 1. The van der Waals surface area contributed by atoms with Crippen molar-refractivity contribution in [3.8, 4) is 0 Å². The molecule has 28 heavy (non-hydrogen) atoms. The average molecular weight is 397 g/mol. The number of amides is 1. The molecule has 160 valence electrons. The molecule has 7 nitrogen and oxygen atoms in total. The molecule has 1 rings (SSSR count). The molecular weight excluding hydrogens is 360 g/mol. The number of nitrogens with zero attached hydrogens (tertiary/aromatic N) is 1. The molecule has 1 amide bonds. The first kappa shape index (κ1) is 24.4. The van der Waals surface area contributed by atoms with Crippen molar-refractivity contribution in [1.29, 1.82) is 0 Å². The van der Waals surface area contributed by atoms with Gasteiger partial charge in [0.25, 0.3) is 0 Å². The molecule has 0 saturated heterocycles. The molecule has 0 radical (unpaired) electrons. The molecular formula is C21H36N2O5. The lowest BCUT2D eigenvalue weighted by molar-refractivity contribution is 0.0109. The molecule has 0 bridgehead atoms. The summed E-state index contributed by atoms with van der Waals surface area (Å²) in [7, 11) is 2.09. The molecule has 0 aromatic heterocycles. The Hall–Kier alpha value is -1.67. The Balaban J connectivity index is 1.83. The van der Waals surface area contributed by atoms with Gasteiger partial charge in [-0.3, -0.25) is 4.90 Å². The number of benzene rings is 1. The van der Waals surface area contributed by atoms with Gasteiger partial charge in [-0.25, -0.2) is 4.79 Å². The summed E-state index contributed by atoms with van der Waals surface area (Å²) in [6.07, 6.45) is -0.432. The minimum Gasteiger partial charge on any atom is -0.444 e. The third-order valence-electron chi connectivity index (χ3n) is 3.57. The van der Waals surface area contributed by atoms with Crippen molar-refractivity contribution in [2.45, 2.75) is 32.9 Å². The molecule has 0 aliphatic heterocycles. The molecule has 0 atom stereocenters. The van der Waals surface area contributed by atoms with E-state index in [0.717, 1.165) is 13.1 Å². The van der Waals surface area contributed by atoms with Gasteiger partial charge in [-0.1, -0.05) is 30.3 Å². The van der Waals surface area contributed by atoms with Crippen molar-refractivity contribution in [2.75, 3.05) is 59.8 Å². The number of likely N-dealkylation sites (N-methyl/N-ethyl adjacent to an activating group) is 1. The fourth-order valence-corrected chi connectivity index (χ4v) is 2.28. The molecule has 1 aromatic carbocycles.